The molecule has 86 valence electrons. The second kappa shape index (κ2) is 11.8. The molecule has 0 atom stereocenters. The molecule has 0 saturated carbocycles. The third-order valence-corrected chi connectivity index (χ3v) is 1.15. The predicted octanol–water partition coefficient (Wildman–Crippen LogP) is 1.65. The molecule has 0 amide bonds. The van der Waals surface area contributed by atoms with E-state index >= 15 is 0 Å². The Labute approximate surface area is 109 Å². The molecule has 15 heavy (non-hydrogen) atoms. The Kier molecular flexibility index (Phi) is 13.4. The Morgan fingerprint density at radius 1 is 1.47 bits per heavy atom. The van der Waals surface area contributed by atoms with Crippen LogP contribution in [-0.2, 0) is 8.58 Å². The van der Waals surface area contributed by atoms with Gasteiger partial charge in [0.2, 0.25) is 0 Å². The van der Waals surface area contributed by atoms with E-state index in [0.717, 1.165) is 0 Å². The van der Waals surface area contributed by atoms with Gasteiger partial charge in [-0.15, -0.1) is 0 Å². The summed E-state index contributed by atoms with van der Waals surface area (Å²) in [6.07, 6.45) is 1.56. The van der Waals surface area contributed by atoms with Gasteiger partial charge in [0, 0.05) is 6.20 Å². The van der Waals surface area contributed by atoms with Crippen LogP contribution >= 0.6 is 23.7 Å². The quantitative estimate of drug-likeness (QED) is 0.614. The summed E-state index contributed by atoms with van der Waals surface area (Å²) in [6, 6.07) is 5.12. The van der Waals surface area contributed by atoms with Crippen molar-refractivity contribution in [3.05, 3.63) is 30.1 Å². The molecule has 0 spiro atoms. The molecule has 0 fully saturated rings. The Morgan fingerprint density at radius 3 is 2.47 bits per heavy atom. The van der Waals surface area contributed by atoms with Crippen molar-refractivity contribution in [2.75, 3.05) is 6.61 Å². The van der Waals surface area contributed by atoms with Crippen molar-refractivity contribution in [2.24, 2.45) is 0 Å². The van der Waals surface area contributed by atoms with Crippen molar-refractivity contribution in [1.29, 1.82) is 0 Å². The van der Waals surface area contributed by atoms with Crippen LogP contribution in [0.3, 0.4) is 0 Å². The first-order valence-corrected chi connectivity index (χ1v) is 4.35. The van der Waals surface area contributed by atoms with E-state index in [4.69, 9.17) is 4.74 Å². The maximum absolute atomic E-state index is 11.0. The van der Waals surface area contributed by atoms with Crippen molar-refractivity contribution in [3.63, 3.8) is 0 Å². The summed E-state index contributed by atoms with van der Waals surface area (Å²) in [5, 5.41) is 0. The molecule has 0 bridgehead atoms. The summed E-state index contributed by atoms with van der Waals surface area (Å²) in [6.45, 7) is 2.15. The average Bonchev–Trinajstić information content (AvgIpc) is 2.21. The van der Waals surface area contributed by atoms with Crippen LogP contribution in [0.1, 0.15) is 17.4 Å². The van der Waals surface area contributed by atoms with Crippen molar-refractivity contribution < 1.29 is 13.4 Å². The molecule has 1 heterocycles. The molecule has 0 unspecified atom stereocenters. The topological polar surface area (TPSA) is 48.4 Å². The third-order valence-electron chi connectivity index (χ3n) is 1.15. The number of nitrogens with zero attached hydrogens (tertiary/aromatic N) is 1. The first kappa shape index (κ1) is 17.1. The summed E-state index contributed by atoms with van der Waals surface area (Å²) in [4.78, 5) is 14.8. The number of rotatable bonds is 2. The van der Waals surface area contributed by atoms with Gasteiger partial charge >= 0.3 is 23.0 Å². The van der Waals surface area contributed by atoms with E-state index in [2.05, 4.69) is 32.6 Å². The number of carbonyl (C=O) groups excluding carboxylic acids is 1. The number of ether oxygens (including phenoxy) is 1. The van der Waals surface area contributed by atoms with Gasteiger partial charge in [-0.25, -0.2) is 9.78 Å². The van der Waals surface area contributed by atoms with Crippen LogP contribution < -0.4 is 0 Å². The molecular formula is C8H11Cl2NO3Se. The Balaban J connectivity index is 0. The number of carbonyl (C=O) groups is 1. The first-order valence-electron chi connectivity index (χ1n) is 3.73. The zero-order chi connectivity index (χ0) is 10.8. The number of pyridine rings is 1. The second-order valence-corrected chi connectivity index (χ2v) is 2.46. The van der Waals surface area contributed by atoms with E-state index in [-0.39, 0.29) is 23.0 Å². The van der Waals surface area contributed by atoms with E-state index in [0.29, 0.717) is 12.3 Å². The molecule has 0 aromatic carbocycles. The summed E-state index contributed by atoms with van der Waals surface area (Å²) in [7, 11) is 0. The molecule has 0 aliphatic carbocycles. The van der Waals surface area contributed by atoms with Crippen LogP contribution in [-0.4, -0.2) is 34.6 Å². The Bertz CT molecular complexity index is 261. The molecule has 1 aromatic heterocycles. The van der Waals surface area contributed by atoms with Crippen molar-refractivity contribution in [3.8, 4) is 0 Å². The van der Waals surface area contributed by atoms with Gasteiger partial charge in [0.1, 0.15) is 5.69 Å². The Morgan fingerprint density at radius 2 is 2.07 bits per heavy atom. The molecule has 1 aromatic rings. The van der Waals surface area contributed by atoms with Crippen LogP contribution in [0.25, 0.3) is 0 Å². The minimum absolute atomic E-state index is 0. The number of esters is 1. The van der Waals surface area contributed by atoms with E-state index in [1.807, 2.05) is 0 Å². The van der Waals surface area contributed by atoms with E-state index in [1.165, 1.54) is 0 Å². The van der Waals surface area contributed by atoms with Gasteiger partial charge in [-0.3, -0.25) is 0 Å². The SMILES string of the molecule is CCOC(=O)c1ccccn1.ClOCl.[SeH2]. The van der Waals surface area contributed by atoms with Crippen LogP contribution in [0, 0.1) is 0 Å². The molecule has 7 heteroatoms. The number of hydrogen-bond donors (Lipinski definition) is 0. The van der Waals surface area contributed by atoms with Gasteiger partial charge in [-0.1, -0.05) is 6.07 Å². The molecule has 0 N–H and O–H groups in total. The fourth-order valence-electron chi connectivity index (χ4n) is 0.689. The zero-order valence-corrected chi connectivity index (χ0v) is 11.6. The van der Waals surface area contributed by atoms with Gasteiger partial charge < -0.3 is 4.74 Å². The standard InChI is InChI=1S/C8H9NO2.Cl2O.H2Se/c1-2-11-8(10)7-5-3-4-6-9-7;1-3-2;/h3-6H,2H2,1H3;;1H2. The number of hydrogen-bond acceptors (Lipinski definition) is 4. The normalized spacial score (nSPS) is 7.93. The zero-order valence-electron chi connectivity index (χ0n) is 7.94. The van der Waals surface area contributed by atoms with Gasteiger partial charge in [0.15, 0.2) is 0 Å². The van der Waals surface area contributed by atoms with Crippen molar-refractivity contribution in [2.45, 2.75) is 6.92 Å². The van der Waals surface area contributed by atoms with E-state index in [9.17, 15) is 4.79 Å². The molecule has 0 aliphatic heterocycles. The molecule has 4 nitrogen and oxygen atoms in total. The second-order valence-electron chi connectivity index (χ2n) is 1.99. The van der Waals surface area contributed by atoms with E-state index in [1.54, 1.807) is 31.3 Å². The summed E-state index contributed by atoms with van der Waals surface area (Å²) >= 11 is 8.53. The summed E-state index contributed by atoms with van der Waals surface area (Å²) in [5.41, 5.74) is 0.356. The molecule has 0 saturated heterocycles. The summed E-state index contributed by atoms with van der Waals surface area (Å²) < 4.78 is 7.92. The third kappa shape index (κ3) is 8.66. The fourth-order valence-corrected chi connectivity index (χ4v) is 0.689. The van der Waals surface area contributed by atoms with E-state index < -0.39 is 0 Å². The van der Waals surface area contributed by atoms with Gasteiger partial charge in [-0.2, -0.15) is 3.84 Å². The predicted molar refractivity (Wildman–Crippen MR) is 61.5 cm³/mol. The van der Waals surface area contributed by atoms with Crippen LogP contribution in [0.15, 0.2) is 24.4 Å². The molecule has 0 radical (unpaired) electrons. The van der Waals surface area contributed by atoms with Crippen LogP contribution in [0.5, 0.6) is 0 Å². The number of halogens is 2. The van der Waals surface area contributed by atoms with Gasteiger partial charge in [0.25, 0.3) is 0 Å². The van der Waals surface area contributed by atoms with Crippen molar-refractivity contribution in [1.82, 2.24) is 4.98 Å². The molecule has 0 aliphatic rings. The molecule has 1 rings (SSSR count). The monoisotopic (exact) mass is 319 g/mol. The van der Waals surface area contributed by atoms with Gasteiger partial charge in [-0.05, 0) is 19.1 Å². The van der Waals surface area contributed by atoms with Gasteiger partial charge in [0.05, 0.1) is 30.3 Å². The Hall–Kier alpha value is -0.321. The average molecular weight is 319 g/mol. The van der Waals surface area contributed by atoms with Crippen molar-refractivity contribution >= 4 is 46.8 Å². The first-order chi connectivity index (χ1) is 6.76. The summed E-state index contributed by atoms with van der Waals surface area (Å²) in [5.74, 6) is -0.367. The van der Waals surface area contributed by atoms with Crippen LogP contribution in [0.2, 0.25) is 0 Å². The van der Waals surface area contributed by atoms with Crippen LogP contribution in [0.4, 0.5) is 0 Å². The minimum atomic E-state index is -0.367. The fraction of sp³-hybridized carbons (Fsp3) is 0.250. The molecular weight excluding hydrogens is 308 g/mol. The maximum atomic E-state index is 11.0. The number of aromatic nitrogens is 1.